The van der Waals surface area contributed by atoms with Crippen molar-refractivity contribution in [3.63, 3.8) is 0 Å². The average molecular weight is 310 g/mol. The summed E-state index contributed by atoms with van der Waals surface area (Å²) in [6.07, 6.45) is 0. The third-order valence-corrected chi connectivity index (χ3v) is 5.91. The molecule has 0 bridgehead atoms. The first-order chi connectivity index (χ1) is 7.27. The lowest BCUT2D eigenvalue weighted by molar-refractivity contribution is -0.145. The van der Waals surface area contributed by atoms with E-state index in [-0.39, 0.29) is 17.0 Å². The largest absolute Gasteiger partial charge is 0.477 e. The minimum absolute atomic E-state index is 0.191. The summed E-state index contributed by atoms with van der Waals surface area (Å²) in [5, 5.41) is 7.87. The lowest BCUT2D eigenvalue weighted by Crippen LogP contribution is -2.67. The van der Waals surface area contributed by atoms with Gasteiger partial charge >= 0.3 is 5.97 Å². The Kier molecular flexibility index (Phi) is 2.39. The standard InChI is InChI=1S/C8H8BrNO5S/c1-3-2-16(14,15)7-4(9)6(11)10(7)5(3)8(12)13/h4,7H,2H2,1H3,(H,12,13)/t4-,7-/m0/s1. The Hall–Kier alpha value is -0.890. The van der Waals surface area contributed by atoms with Crippen molar-refractivity contribution in [1.29, 1.82) is 0 Å². The molecule has 2 rings (SSSR count). The first-order valence-electron chi connectivity index (χ1n) is 4.39. The number of fused-ring (bicyclic) bond motifs is 1. The zero-order chi connectivity index (χ0) is 12.2. The van der Waals surface area contributed by atoms with Crippen molar-refractivity contribution in [1.82, 2.24) is 4.90 Å². The summed E-state index contributed by atoms with van der Waals surface area (Å²) in [4.78, 5) is 22.4. The molecule has 1 fully saturated rings. The number of hydrogen-bond donors (Lipinski definition) is 1. The van der Waals surface area contributed by atoms with E-state index < -0.39 is 31.9 Å². The van der Waals surface area contributed by atoms with E-state index in [4.69, 9.17) is 5.11 Å². The van der Waals surface area contributed by atoms with Gasteiger partial charge in [0.25, 0.3) is 0 Å². The van der Waals surface area contributed by atoms with Crippen molar-refractivity contribution in [2.45, 2.75) is 17.1 Å². The van der Waals surface area contributed by atoms with Gasteiger partial charge in [-0.25, -0.2) is 13.2 Å². The first-order valence-corrected chi connectivity index (χ1v) is 7.02. The molecule has 1 N–H and O–H groups in total. The van der Waals surface area contributed by atoms with Crippen LogP contribution in [0, 0.1) is 0 Å². The summed E-state index contributed by atoms with van der Waals surface area (Å²) in [6, 6.07) is 0. The van der Waals surface area contributed by atoms with E-state index in [1.54, 1.807) is 0 Å². The smallest absolute Gasteiger partial charge is 0.352 e. The van der Waals surface area contributed by atoms with Crippen LogP contribution in [0.15, 0.2) is 11.3 Å². The van der Waals surface area contributed by atoms with Crippen LogP contribution in [0.25, 0.3) is 0 Å². The van der Waals surface area contributed by atoms with Gasteiger partial charge < -0.3 is 5.11 Å². The molecule has 2 atom stereocenters. The number of halogens is 1. The number of carbonyl (C=O) groups excluding carboxylic acids is 1. The Labute approximate surface area is 100.0 Å². The zero-order valence-corrected chi connectivity index (χ0v) is 10.6. The minimum atomic E-state index is -3.48. The van der Waals surface area contributed by atoms with Crippen LogP contribution in [-0.2, 0) is 19.4 Å². The monoisotopic (exact) mass is 309 g/mol. The Balaban J connectivity index is 2.58. The van der Waals surface area contributed by atoms with Crippen LogP contribution < -0.4 is 0 Å². The summed E-state index contributed by atoms with van der Waals surface area (Å²) < 4.78 is 23.5. The van der Waals surface area contributed by atoms with Crippen LogP contribution in [-0.4, -0.2) is 46.3 Å². The molecule has 1 amide bonds. The molecule has 0 aromatic rings. The molecule has 2 aliphatic rings. The predicted octanol–water partition coefficient (Wildman–Crippen LogP) is -0.295. The van der Waals surface area contributed by atoms with E-state index in [2.05, 4.69) is 15.9 Å². The van der Waals surface area contributed by atoms with Gasteiger partial charge in [0.2, 0.25) is 5.91 Å². The molecule has 6 nitrogen and oxygen atoms in total. The van der Waals surface area contributed by atoms with Crippen LogP contribution >= 0.6 is 15.9 Å². The quantitative estimate of drug-likeness (QED) is 0.530. The first kappa shape index (κ1) is 11.6. The molecule has 0 aromatic carbocycles. The average Bonchev–Trinajstić information content (AvgIpc) is 2.13. The van der Waals surface area contributed by atoms with Crippen LogP contribution in [0.1, 0.15) is 6.92 Å². The maximum absolute atomic E-state index is 11.7. The minimum Gasteiger partial charge on any atom is -0.477 e. The molecule has 88 valence electrons. The third kappa shape index (κ3) is 1.32. The second kappa shape index (κ2) is 3.30. The van der Waals surface area contributed by atoms with Crippen molar-refractivity contribution in [2.24, 2.45) is 0 Å². The molecule has 0 saturated carbocycles. The molecule has 0 unspecified atom stereocenters. The van der Waals surface area contributed by atoms with Crippen molar-refractivity contribution in [3.8, 4) is 0 Å². The number of carbonyl (C=O) groups is 2. The van der Waals surface area contributed by atoms with Gasteiger partial charge in [0, 0.05) is 0 Å². The number of rotatable bonds is 1. The van der Waals surface area contributed by atoms with Gasteiger partial charge in [-0.1, -0.05) is 15.9 Å². The van der Waals surface area contributed by atoms with Crippen LogP contribution in [0.5, 0.6) is 0 Å². The van der Waals surface area contributed by atoms with E-state index in [0.29, 0.717) is 0 Å². The Morgan fingerprint density at radius 1 is 1.56 bits per heavy atom. The normalized spacial score (nSPS) is 32.1. The number of hydrogen-bond acceptors (Lipinski definition) is 4. The molecule has 16 heavy (non-hydrogen) atoms. The van der Waals surface area contributed by atoms with E-state index in [9.17, 15) is 18.0 Å². The maximum Gasteiger partial charge on any atom is 0.352 e. The summed E-state index contributed by atoms with van der Waals surface area (Å²) >= 11 is 2.95. The SMILES string of the molecule is CC1=C(C(=O)O)N2C(=O)[C@H](Br)[C@@H]2S(=O)(=O)C1. The lowest BCUT2D eigenvalue weighted by atomic mass is 10.1. The van der Waals surface area contributed by atoms with Crippen LogP contribution in [0.2, 0.25) is 0 Å². The topological polar surface area (TPSA) is 91.8 Å². The van der Waals surface area contributed by atoms with E-state index in [1.807, 2.05) is 0 Å². The molecular weight excluding hydrogens is 302 g/mol. The van der Waals surface area contributed by atoms with E-state index in [1.165, 1.54) is 6.92 Å². The second-order valence-corrected chi connectivity index (χ2v) is 6.83. The fraction of sp³-hybridized carbons (Fsp3) is 0.500. The molecule has 0 aliphatic carbocycles. The molecule has 0 spiro atoms. The van der Waals surface area contributed by atoms with Crippen molar-refractivity contribution in [3.05, 3.63) is 11.3 Å². The highest BCUT2D eigenvalue weighted by molar-refractivity contribution is 9.10. The highest BCUT2D eigenvalue weighted by atomic mass is 79.9. The summed E-state index contributed by atoms with van der Waals surface area (Å²) in [5.41, 5.74) is -0.0166. The van der Waals surface area contributed by atoms with Crippen LogP contribution in [0.3, 0.4) is 0 Å². The third-order valence-electron chi connectivity index (χ3n) is 2.61. The Morgan fingerprint density at radius 3 is 2.62 bits per heavy atom. The Bertz CT molecular complexity index is 523. The van der Waals surface area contributed by atoms with Gasteiger partial charge in [0.1, 0.15) is 10.5 Å². The summed E-state index contributed by atoms with van der Waals surface area (Å²) in [6.45, 7) is 1.41. The van der Waals surface area contributed by atoms with E-state index >= 15 is 0 Å². The number of amides is 1. The van der Waals surface area contributed by atoms with Gasteiger partial charge in [-0.2, -0.15) is 0 Å². The van der Waals surface area contributed by atoms with E-state index in [0.717, 1.165) is 4.90 Å². The van der Waals surface area contributed by atoms with Gasteiger partial charge in [-0.15, -0.1) is 0 Å². The highest BCUT2D eigenvalue weighted by Gasteiger charge is 2.58. The predicted molar refractivity (Wildman–Crippen MR) is 57.5 cm³/mol. The number of β-lactam (4-membered cyclic amide) rings is 1. The number of carboxylic acid groups (broad SMARTS) is 1. The number of aliphatic carboxylic acids is 1. The van der Waals surface area contributed by atoms with Gasteiger partial charge in [0.05, 0.1) is 5.75 Å². The van der Waals surface area contributed by atoms with Gasteiger partial charge in [-0.3, -0.25) is 9.69 Å². The number of carboxylic acids is 1. The molecule has 2 aliphatic heterocycles. The number of sulfone groups is 1. The molecule has 0 radical (unpaired) electrons. The molecule has 0 aromatic heterocycles. The molecular formula is C8H8BrNO5S. The maximum atomic E-state index is 11.7. The van der Waals surface area contributed by atoms with Crippen molar-refractivity contribution < 1.29 is 23.1 Å². The van der Waals surface area contributed by atoms with Crippen molar-refractivity contribution >= 4 is 37.6 Å². The molecule has 1 saturated heterocycles. The van der Waals surface area contributed by atoms with Crippen LogP contribution in [0.4, 0.5) is 0 Å². The number of alkyl halides is 1. The number of nitrogens with zero attached hydrogens (tertiary/aromatic N) is 1. The van der Waals surface area contributed by atoms with Crippen molar-refractivity contribution in [2.75, 3.05) is 5.75 Å². The fourth-order valence-electron chi connectivity index (χ4n) is 1.96. The second-order valence-electron chi connectivity index (χ2n) is 3.74. The van der Waals surface area contributed by atoms with Gasteiger partial charge in [-0.05, 0) is 12.5 Å². The summed E-state index contributed by atoms with van der Waals surface area (Å²) in [7, 11) is -3.48. The molecule has 2 heterocycles. The fourth-order valence-corrected chi connectivity index (χ4v) is 5.32. The Morgan fingerprint density at radius 2 is 2.12 bits per heavy atom. The lowest BCUT2D eigenvalue weighted by Gasteiger charge is -2.46. The molecule has 8 heteroatoms. The highest BCUT2D eigenvalue weighted by Crippen LogP contribution is 2.39. The van der Waals surface area contributed by atoms with Gasteiger partial charge in [0.15, 0.2) is 15.2 Å². The zero-order valence-electron chi connectivity index (χ0n) is 8.18. The summed E-state index contributed by atoms with van der Waals surface area (Å²) in [5.74, 6) is -2.11.